The summed E-state index contributed by atoms with van der Waals surface area (Å²) in [6, 6.07) is 5.96. The van der Waals surface area contributed by atoms with Crippen LogP contribution in [0.3, 0.4) is 0 Å². The average molecular weight is 194 g/mol. The van der Waals surface area contributed by atoms with E-state index < -0.39 is 0 Å². The van der Waals surface area contributed by atoms with Gasteiger partial charge in [0.15, 0.2) is 0 Å². The molecule has 2 heteroatoms. The Morgan fingerprint density at radius 2 is 2.23 bits per heavy atom. The van der Waals surface area contributed by atoms with Crippen LogP contribution < -0.4 is 0 Å². The van der Waals surface area contributed by atoms with E-state index in [1.54, 1.807) is 0 Å². The van der Waals surface area contributed by atoms with Crippen molar-refractivity contribution in [3.63, 3.8) is 0 Å². The smallest absolute Gasteiger partial charge is 0.0675 e. The van der Waals surface area contributed by atoms with Crippen molar-refractivity contribution in [2.45, 2.75) is 26.2 Å². The summed E-state index contributed by atoms with van der Waals surface area (Å²) < 4.78 is 0. The normalized spacial score (nSPS) is 15.1. The second-order valence-electron chi connectivity index (χ2n) is 3.30. The molecule has 13 heavy (non-hydrogen) atoms. The van der Waals surface area contributed by atoms with Crippen molar-refractivity contribution in [2.75, 3.05) is 0 Å². The SMILES string of the molecule is CCC1=Nc2cc(Cl)ccc2CC1. The topological polar surface area (TPSA) is 12.4 Å². The quantitative estimate of drug-likeness (QED) is 0.644. The molecule has 1 aromatic rings. The Morgan fingerprint density at radius 3 is 3.00 bits per heavy atom. The molecule has 1 aliphatic heterocycles. The minimum Gasteiger partial charge on any atom is -0.258 e. The zero-order chi connectivity index (χ0) is 9.26. The molecule has 0 amide bonds. The minimum absolute atomic E-state index is 0.778. The highest BCUT2D eigenvalue weighted by Gasteiger charge is 2.10. The van der Waals surface area contributed by atoms with Crippen molar-refractivity contribution >= 4 is 23.0 Å². The van der Waals surface area contributed by atoms with Crippen molar-refractivity contribution in [1.82, 2.24) is 0 Å². The first-order valence-electron chi connectivity index (χ1n) is 4.64. The molecule has 0 unspecified atom stereocenters. The number of halogens is 1. The van der Waals surface area contributed by atoms with Crippen LogP contribution in [0, 0.1) is 0 Å². The molecule has 1 nitrogen and oxygen atoms in total. The van der Waals surface area contributed by atoms with Gasteiger partial charge in [-0.25, -0.2) is 0 Å². The van der Waals surface area contributed by atoms with Gasteiger partial charge in [-0.2, -0.15) is 0 Å². The van der Waals surface area contributed by atoms with Gasteiger partial charge in [0.25, 0.3) is 0 Å². The van der Waals surface area contributed by atoms with Gasteiger partial charge in [-0.05, 0) is 37.0 Å². The Kier molecular flexibility index (Phi) is 2.36. The standard InChI is InChI=1S/C11H12ClN/c1-2-10-6-4-8-3-5-9(12)7-11(8)13-10/h3,5,7H,2,4,6H2,1H3. The number of nitrogens with zero attached hydrogens (tertiary/aromatic N) is 1. The lowest BCUT2D eigenvalue weighted by molar-refractivity contribution is 0.975. The maximum Gasteiger partial charge on any atom is 0.0675 e. The molecule has 1 aliphatic rings. The molecule has 0 fully saturated rings. The number of aryl methyl sites for hydroxylation is 1. The van der Waals surface area contributed by atoms with Crippen LogP contribution in [0.2, 0.25) is 5.02 Å². The Balaban J connectivity index is 2.44. The summed E-state index contributed by atoms with van der Waals surface area (Å²) in [4.78, 5) is 4.56. The molecule has 0 aromatic heterocycles. The molecule has 0 saturated heterocycles. The summed E-state index contributed by atoms with van der Waals surface area (Å²) >= 11 is 5.90. The van der Waals surface area contributed by atoms with E-state index in [0.717, 1.165) is 30.0 Å². The third kappa shape index (κ3) is 1.75. The number of aliphatic imine (C=N–C) groups is 1. The number of fused-ring (bicyclic) bond motifs is 1. The predicted octanol–water partition coefficient (Wildman–Crippen LogP) is 3.77. The molecule has 68 valence electrons. The Hall–Kier alpha value is -0.820. The lowest BCUT2D eigenvalue weighted by atomic mass is 10.0. The second-order valence-corrected chi connectivity index (χ2v) is 3.74. The average Bonchev–Trinajstić information content (AvgIpc) is 2.16. The maximum absolute atomic E-state index is 5.90. The summed E-state index contributed by atoms with van der Waals surface area (Å²) in [5.74, 6) is 0. The van der Waals surface area contributed by atoms with Crippen LogP contribution in [0.5, 0.6) is 0 Å². The van der Waals surface area contributed by atoms with Crippen molar-refractivity contribution in [1.29, 1.82) is 0 Å². The van der Waals surface area contributed by atoms with Crippen LogP contribution in [0.15, 0.2) is 23.2 Å². The Labute approximate surface area is 83.4 Å². The lowest BCUT2D eigenvalue weighted by Crippen LogP contribution is -2.04. The lowest BCUT2D eigenvalue weighted by Gasteiger charge is -2.14. The van der Waals surface area contributed by atoms with Gasteiger partial charge >= 0.3 is 0 Å². The number of rotatable bonds is 1. The van der Waals surface area contributed by atoms with E-state index in [2.05, 4.69) is 18.0 Å². The van der Waals surface area contributed by atoms with E-state index >= 15 is 0 Å². The van der Waals surface area contributed by atoms with Crippen molar-refractivity contribution < 1.29 is 0 Å². The van der Waals surface area contributed by atoms with E-state index in [0.29, 0.717) is 0 Å². The zero-order valence-corrected chi connectivity index (χ0v) is 8.43. The van der Waals surface area contributed by atoms with Gasteiger partial charge in [0.05, 0.1) is 5.69 Å². The van der Waals surface area contributed by atoms with Crippen LogP contribution in [0.4, 0.5) is 5.69 Å². The summed E-state index contributed by atoms with van der Waals surface area (Å²) in [5, 5.41) is 0.778. The first-order chi connectivity index (χ1) is 6.29. The van der Waals surface area contributed by atoms with E-state index in [-0.39, 0.29) is 0 Å². The first kappa shape index (κ1) is 8.76. The summed E-state index contributed by atoms with van der Waals surface area (Å²) in [6.07, 6.45) is 3.26. The monoisotopic (exact) mass is 193 g/mol. The fraction of sp³-hybridized carbons (Fsp3) is 0.364. The number of benzene rings is 1. The fourth-order valence-corrected chi connectivity index (χ4v) is 1.78. The molecule has 1 heterocycles. The van der Waals surface area contributed by atoms with Gasteiger partial charge in [-0.1, -0.05) is 24.6 Å². The molecule has 0 bridgehead atoms. The largest absolute Gasteiger partial charge is 0.258 e. The summed E-state index contributed by atoms with van der Waals surface area (Å²) in [6.45, 7) is 2.15. The van der Waals surface area contributed by atoms with E-state index in [1.807, 2.05) is 12.1 Å². The highest BCUT2D eigenvalue weighted by molar-refractivity contribution is 6.30. The highest BCUT2D eigenvalue weighted by Crippen LogP contribution is 2.29. The molecule has 0 aliphatic carbocycles. The van der Waals surface area contributed by atoms with Crippen LogP contribution in [0.25, 0.3) is 0 Å². The molecular weight excluding hydrogens is 182 g/mol. The third-order valence-corrected chi connectivity index (χ3v) is 2.65. The molecule has 0 N–H and O–H groups in total. The van der Waals surface area contributed by atoms with E-state index in [4.69, 9.17) is 11.6 Å². The van der Waals surface area contributed by atoms with Crippen LogP contribution in [-0.4, -0.2) is 5.71 Å². The maximum atomic E-state index is 5.90. The van der Waals surface area contributed by atoms with Gasteiger partial charge in [0.2, 0.25) is 0 Å². The van der Waals surface area contributed by atoms with Gasteiger partial charge in [-0.15, -0.1) is 0 Å². The van der Waals surface area contributed by atoms with Crippen LogP contribution in [0.1, 0.15) is 25.3 Å². The van der Waals surface area contributed by atoms with Gasteiger partial charge in [-0.3, -0.25) is 4.99 Å². The van der Waals surface area contributed by atoms with Crippen molar-refractivity contribution in [3.05, 3.63) is 28.8 Å². The van der Waals surface area contributed by atoms with E-state index in [9.17, 15) is 0 Å². The Bertz CT molecular complexity index is 355. The van der Waals surface area contributed by atoms with Crippen molar-refractivity contribution in [3.8, 4) is 0 Å². The van der Waals surface area contributed by atoms with Gasteiger partial charge in [0, 0.05) is 10.7 Å². The third-order valence-electron chi connectivity index (χ3n) is 2.42. The van der Waals surface area contributed by atoms with E-state index in [1.165, 1.54) is 11.3 Å². The first-order valence-corrected chi connectivity index (χ1v) is 5.02. The molecule has 0 spiro atoms. The molecule has 1 aromatic carbocycles. The molecular formula is C11H12ClN. The second kappa shape index (κ2) is 3.51. The summed E-state index contributed by atoms with van der Waals surface area (Å²) in [7, 11) is 0. The molecule has 2 rings (SSSR count). The van der Waals surface area contributed by atoms with Gasteiger partial charge < -0.3 is 0 Å². The zero-order valence-electron chi connectivity index (χ0n) is 7.68. The van der Waals surface area contributed by atoms with Crippen LogP contribution in [-0.2, 0) is 6.42 Å². The fourth-order valence-electron chi connectivity index (χ4n) is 1.61. The molecule has 0 saturated carbocycles. The van der Waals surface area contributed by atoms with Crippen LogP contribution >= 0.6 is 11.6 Å². The Morgan fingerprint density at radius 1 is 1.38 bits per heavy atom. The molecule has 0 radical (unpaired) electrons. The number of hydrogen-bond acceptors (Lipinski definition) is 1. The number of hydrogen-bond donors (Lipinski definition) is 0. The summed E-state index contributed by atoms with van der Waals surface area (Å²) in [5.41, 5.74) is 3.67. The minimum atomic E-state index is 0.778. The highest BCUT2D eigenvalue weighted by atomic mass is 35.5. The van der Waals surface area contributed by atoms with Gasteiger partial charge in [0.1, 0.15) is 0 Å². The molecule has 0 atom stereocenters. The predicted molar refractivity (Wildman–Crippen MR) is 57.2 cm³/mol. The van der Waals surface area contributed by atoms with Crippen molar-refractivity contribution in [2.24, 2.45) is 4.99 Å².